The van der Waals surface area contributed by atoms with Gasteiger partial charge in [-0.3, -0.25) is 4.79 Å². The van der Waals surface area contributed by atoms with Crippen molar-refractivity contribution in [2.24, 2.45) is 0 Å². The van der Waals surface area contributed by atoms with Crippen LogP contribution in [0.5, 0.6) is 0 Å². The van der Waals surface area contributed by atoms with Crippen molar-refractivity contribution < 1.29 is 18.0 Å². The van der Waals surface area contributed by atoms with Crippen LogP contribution in [-0.2, 0) is 4.79 Å². The lowest BCUT2D eigenvalue weighted by atomic mass is 10.3. The summed E-state index contributed by atoms with van der Waals surface area (Å²) >= 11 is 0. The van der Waals surface area contributed by atoms with Crippen LogP contribution in [0, 0.1) is 0 Å². The first-order valence-electron chi connectivity index (χ1n) is 4.80. The fourth-order valence-electron chi connectivity index (χ4n) is 0.958. The van der Waals surface area contributed by atoms with Gasteiger partial charge in [0.2, 0.25) is 5.91 Å². The van der Waals surface area contributed by atoms with Gasteiger partial charge in [0.1, 0.15) is 0 Å². The molecule has 3 nitrogen and oxygen atoms in total. The zero-order chi connectivity index (χ0) is 11.9. The molecule has 0 bridgehead atoms. The molecule has 0 saturated heterocycles. The molecule has 0 fully saturated rings. The molecule has 0 radical (unpaired) electrons. The number of rotatable bonds is 6. The quantitative estimate of drug-likeness (QED) is 0.694. The number of hydrogen-bond donors (Lipinski definition) is 1. The van der Waals surface area contributed by atoms with Gasteiger partial charge in [0.25, 0.3) is 0 Å². The Morgan fingerprint density at radius 1 is 1.27 bits per heavy atom. The highest BCUT2D eigenvalue weighted by atomic mass is 19.4. The molecular formula is C9H17F3N2O. The van der Waals surface area contributed by atoms with Gasteiger partial charge in [-0.2, -0.15) is 13.2 Å². The van der Waals surface area contributed by atoms with Crippen LogP contribution in [0.3, 0.4) is 0 Å². The summed E-state index contributed by atoms with van der Waals surface area (Å²) in [5.74, 6) is -0.0293. The van der Waals surface area contributed by atoms with Gasteiger partial charge in [-0.1, -0.05) is 0 Å². The summed E-state index contributed by atoms with van der Waals surface area (Å²) in [5.41, 5.74) is 0. The van der Waals surface area contributed by atoms with Crippen molar-refractivity contribution in [3.8, 4) is 0 Å². The number of nitrogens with zero attached hydrogens (tertiary/aromatic N) is 1. The van der Waals surface area contributed by atoms with Gasteiger partial charge in [-0.05, 0) is 13.0 Å². The van der Waals surface area contributed by atoms with Crippen LogP contribution >= 0.6 is 0 Å². The van der Waals surface area contributed by atoms with Crippen LogP contribution in [0.2, 0.25) is 0 Å². The largest absolute Gasteiger partial charge is 0.389 e. The maximum absolute atomic E-state index is 11.7. The first-order valence-corrected chi connectivity index (χ1v) is 4.80. The second-order valence-electron chi connectivity index (χ2n) is 3.51. The first kappa shape index (κ1) is 14.2. The molecule has 0 aliphatic carbocycles. The van der Waals surface area contributed by atoms with E-state index in [0.29, 0.717) is 19.5 Å². The summed E-state index contributed by atoms with van der Waals surface area (Å²) in [6.45, 7) is 0.717. The number of halogens is 3. The van der Waals surface area contributed by atoms with E-state index >= 15 is 0 Å². The number of carbonyl (C=O) groups excluding carboxylic acids is 1. The zero-order valence-electron chi connectivity index (χ0n) is 9.02. The molecule has 0 spiro atoms. The standard InChI is InChI=1S/C9H17F3N2O/c1-14(2)8(15)4-7-13-6-3-5-9(10,11)12/h13H,3-7H2,1-2H3. The number of nitrogens with one attached hydrogen (secondary N) is 1. The van der Waals surface area contributed by atoms with Gasteiger partial charge >= 0.3 is 6.18 Å². The maximum Gasteiger partial charge on any atom is 0.389 e. The van der Waals surface area contributed by atoms with Crippen molar-refractivity contribution in [3.05, 3.63) is 0 Å². The molecular weight excluding hydrogens is 209 g/mol. The molecule has 0 aliphatic rings. The monoisotopic (exact) mass is 226 g/mol. The van der Waals surface area contributed by atoms with Gasteiger partial charge < -0.3 is 10.2 Å². The van der Waals surface area contributed by atoms with Crippen LogP contribution in [0.15, 0.2) is 0 Å². The fourth-order valence-corrected chi connectivity index (χ4v) is 0.958. The first-order chi connectivity index (χ1) is 6.83. The molecule has 0 aliphatic heterocycles. The Kier molecular flexibility index (Phi) is 6.31. The summed E-state index contributed by atoms with van der Waals surface area (Å²) in [6.07, 6.45) is -4.48. The van der Waals surface area contributed by atoms with Crippen molar-refractivity contribution >= 4 is 5.91 Å². The van der Waals surface area contributed by atoms with Crippen molar-refractivity contribution in [1.29, 1.82) is 0 Å². The topological polar surface area (TPSA) is 32.3 Å². The molecule has 0 aromatic rings. The zero-order valence-corrected chi connectivity index (χ0v) is 9.02. The van der Waals surface area contributed by atoms with Crippen molar-refractivity contribution in [1.82, 2.24) is 10.2 Å². The van der Waals surface area contributed by atoms with E-state index in [1.54, 1.807) is 14.1 Å². The Hall–Kier alpha value is -0.780. The van der Waals surface area contributed by atoms with Crippen LogP contribution in [-0.4, -0.2) is 44.2 Å². The van der Waals surface area contributed by atoms with E-state index in [4.69, 9.17) is 0 Å². The number of amides is 1. The Balaban J connectivity index is 3.30. The third-order valence-corrected chi connectivity index (χ3v) is 1.83. The molecule has 90 valence electrons. The van der Waals surface area contributed by atoms with E-state index in [0.717, 1.165) is 0 Å². The third-order valence-electron chi connectivity index (χ3n) is 1.83. The summed E-state index contributed by atoms with van der Waals surface area (Å²) in [5, 5.41) is 2.80. The van der Waals surface area contributed by atoms with Crippen molar-refractivity contribution in [2.75, 3.05) is 27.2 Å². The van der Waals surface area contributed by atoms with E-state index in [1.807, 2.05) is 0 Å². The number of hydrogen-bond acceptors (Lipinski definition) is 2. The molecule has 0 saturated carbocycles. The molecule has 0 heterocycles. The summed E-state index contributed by atoms with van der Waals surface area (Å²) in [7, 11) is 3.29. The minimum Gasteiger partial charge on any atom is -0.349 e. The average Bonchev–Trinajstić information content (AvgIpc) is 2.08. The van der Waals surface area contributed by atoms with Gasteiger partial charge in [0.15, 0.2) is 0 Å². The van der Waals surface area contributed by atoms with Crippen molar-refractivity contribution in [3.63, 3.8) is 0 Å². The summed E-state index contributed by atoms with van der Waals surface area (Å²) in [6, 6.07) is 0. The lowest BCUT2D eigenvalue weighted by molar-refractivity contribution is -0.135. The molecule has 6 heteroatoms. The van der Waals surface area contributed by atoms with E-state index in [-0.39, 0.29) is 12.3 Å². The van der Waals surface area contributed by atoms with E-state index in [1.165, 1.54) is 4.90 Å². The predicted molar refractivity (Wildman–Crippen MR) is 51.5 cm³/mol. The van der Waals surface area contributed by atoms with Gasteiger partial charge in [0.05, 0.1) is 0 Å². The van der Waals surface area contributed by atoms with E-state index in [2.05, 4.69) is 5.32 Å². The van der Waals surface area contributed by atoms with Crippen molar-refractivity contribution in [2.45, 2.75) is 25.4 Å². The highest BCUT2D eigenvalue weighted by Crippen LogP contribution is 2.20. The maximum atomic E-state index is 11.7. The lowest BCUT2D eigenvalue weighted by Crippen LogP contribution is -2.27. The minimum atomic E-state index is -4.08. The Morgan fingerprint density at radius 3 is 2.33 bits per heavy atom. The molecule has 1 amide bonds. The predicted octanol–water partition coefficient (Wildman–Crippen LogP) is 1.40. The van der Waals surface area contributed by atoms with Crippen LogP contribution < -0.4 is 5.32 Å². The van der Waals surface area contributed by atoms with Gasteiger partial charge in [0, 0.05) is 33.5 Å². The minimum absolute atomic E-state index is 0.0293. The highest BCUT2D eigenvalue weighted by Gasteiger charge is 2.25. The number of carbonyl (C=O) groups is 1. The molecule has 0 rings (SSSR count). The molecule has 0 unspecified atom stereocenters. The molecule has 0 aromatic heterocycles. The Morgan fingerprint density at radius 2 is 1.87 bits per heavy atom. The Bertz CT molecular complexity index is 192. The summed E-state index contributed by atoms with van der Waals surface area (Å²) < 4.78 is 35.1. The van der Waals surface area contributed by atoms with E-state index < -0.39 is 12.6 Å². The molecule has 15 heavy (non-hydrogen) atoms. The fraction of sp³-hybridized carbons (Fsp3) is 0.889. The Labute approximate surface area is 87.6 Å². The smallest absolute Gasteiger partial charge is 0.349 e. The second-order valence-corrected chi connectivity index (χ2v) is 3.51. The van der Waals surface area contributed by atoms with Gasteiger partial charge in [-0.15, -0.1) is 0 Å². The van der Waals surface area contributed by atoms with E-state index in [9.17, 15) is 18.0 Å². The summed E-state index contributed by atoms with van der Waals surface area (Å²) in [4.78, 5) is 12.5. The average molecular weight is 226 g/mol. The van der Waals surface area contributed by atoms with Crippen LogP contribution in [0.25, 0.3) is 0 Å². The van der Waals surface area contributed by atoms with Crippen LogP contribution in [0.4, 0.5) is 13.2 Å². The van der Waals surface area contributed by atoms with Crippen LogP contribution in [0.1, 0.15) is 19.3 Å². The molecule has 0 aromatic carbocycles. The molecule has 0 atom stereocenters. The lowest BCUT2D eigenvalue weighted by Gasteiger charge is -2.10. The van der Waals surface area contributed by atoms with Gasteiger partial charge in [-0.25, -0.2) is 0 Å². The SMILES string of the molecule is CN(C)C(=O)CCNCCCC(F)(F)F. The normalized spacial score (nSPS) is 11.5. The highest BCUT2D eigenvalue weighted by molar-refractivity contribution is 5.75. The third kappa shape index (κ3) is 9.52. The second kappa shape index (κ2) is 6.66. The number of alkyl halides is 3. The molecule has 1 N–H and O–H groups in total.